The van der Waals surface area contributed by atoms with Crippen LogP contribution in [0.15, 0.2) is 24.5 Å². The predicted molar refractivity (Wildman–Crippen MR) is 66.7 cm³/mol. The number of aromatic nitrogens is 2. The van der Waals surface area contributed by atoms with E-state index in [1.54, 1.807) is 6.33 Å². The Labute approximate surface area is 98.8 Å². The van der Waals surface area contributed by atoms with Crippen molar-refractivity contribution in [3.8, 4) is 0 Å². The number of urea groups is 1. The van der Waals surface area contributed by atoms with Crippen molar-refractivity contribution in [3.05, 3.63) is 24.5 Å². The average molecular weight is 233 g/mol. The van der Waals surface area contributed by atoms with Gasteiger partial charge in [-0.2, -0.15) is 0 Å². The van der Waals surface area contributed by atoms with Crippen LogP contribution < -0.4 is 16.4 Å². The van der Waals surface area contributed by atoms with Gasteiger partial charge in [-0.15, -0.1) is 0 Å². The zero-order chi connectivity index (χ0) is 12.4. The number of imidazole rings is 1. The molecule has 0 saturated heterocycles. The minimum atomic E-state index is -0.509. The van der Waals surface area contributed by atoms with Crippen LogP contribution in [0.2, 0.25) is 0 Å². The summed E-state index contributed by atoms with van der Waals surface area (Å²) in [5, 5.41) is 0. The van der Waals surface area contributed by atoms with E-state index in [0.717, 1.165) is 11.0 Å². The van der Waals surface area contributed by atoms with Gasteiger partial charge in [0, 0.05) is 25.8 Å². The molecular formula is C11H15N5O. The molecular weight excluding hydrogens is 218 g/mol. The number of nitrogens with zero attached hydrogens (tertiary/aromatic N) is 3. The Morgan fingerprint density at radius 2 is 2.29 bits per heavy atom. The first-order chi connectivity index (χ1) is 8.13. The number of hydrogen-bond acceptors (Lipinski definition) is 3. The monoisotopic (exact) mass is 233 g/mol. The molecule has 0 bridgehead atoms. The van der Waals surface area contributed by atoms with Gasteiger partial charge in [0.05, 0.1) is 17.4 Å². The second-order valence-corrected chi connectivity index (χ2v) is 3.81. The summed E-state index contributed by atoms with van der Waals surface area (Å²) in [7, 11) is 1.92. The summed E-state index contributed by atoms with van der Waals surface area (Å²) in [5.74, 6) is 0. The number of amides is 2. The Hall–Kier alpha value is -2.08. The largest absolute Gasteiger partial charge is 0.351 e. The minimum Gasteiger partial charge on any atom is -0.351 e. The molecule has 2 aromatic rings. The van der Waals surface area contributed by atoms with Gasteiger partial charge in [0.15, 0.2) is 0 Å². The standard InChI is InChI=1S/C11H15N5O/c1-15-7-14-9-6-8(2-3-10(9)15)16(5-4-12)11(13)17/h2-3,6-7H,4-5,12H2,1H3,(H2,13,17). The summed E-state index contributed by atoms with van der Waals surface area (Å²) < 4.78 is 1.91. The van der Waals surface area contributed by atoms with Gasteiger partial charge in [-0.25, -0.2) is 9.78 Å². The van der Waals surface area contributed by atoms with Crippen molar-refractivity contribution in [2.24, 2.45) is 18.5 Å². The predicted octanol–water partition coefficient (Wildman–Crippen LogP) is 0.417. The van der Waals surface area contributed by atoms with E-state index >= 15 is 0 Å². The highest BCUT2D eigenvalue weighted by Crippen LogP contribution is 2.20. The second kappa shape index (κ2) is 4.42. The van der Waals surface area contributed by atoms with Crippen LogP contribution in [-0.2, 0) is 7.05 Å². The Morgan fingerprint density at radius 1 is 1.53 bits per heavy atom. The van der Waals surface area contributed by atoms with Crippen LogP contribution in [0.25, 0.3) is 11.0 Å². The van der Waals surface area contributed by atoms with Crippen LogP contribution >= 0.6 is 0 Å². The van der Waals surface area contributed by atoms with Crippen molar-refractivity contribution in [2.45, 2.75) is 0 Å². The molecule has 1 aromatic carbocycles. The number of aryl methyl sites for hydroxylation is 1. The molecule has 0 spiro atoms. The number of anilines is 1. The molecule has 0 unspecified atom stereocenters. The molecule has 0 aliphatic rings. The number of carbonyl (C=O) groups is 1. The molecule has 0 fully saturated rings. The summed E-state index contributed by atoms with van der Waals surface area (Å²) in [4.78, 5) is 17.0. The highest BCUT2D eigenvalue weighted by molar-refractivity contribution is 5.93. The molecule has 0 aliphatic carbocycles. The number of carbonyl (C=O) groups excluding carboxylic acids is 1. The molecule has 0 aliphatic heterocycles. The summed E-state index contributed by atoms with van der Waals surface area (Å²) in [5.41, 5.74) is 13.3. The lowest BCUT2D eigenvalue weighted by Crippen LogP contribution is -2.39. The lowest BCUT2D eigenvalue weighted by Gasteiger charge is -2.19. The van der Waals surface area contributed by atoms with Crippen LogP contribution in [0.5, 0.6) is 0 Å². The number of primary amides is 1. The summed E-state index contributed by atoms with van der Waals surface area (Å²) in [6.07, 6.45) is 1.73. The topological polar surface area (TPSA) is 90.2 Å². The minimum absolute atomic E-state index is 0.364. The average Bonchev–Trinajstić information content (AvgIpc) is 2.67. The normalized spacial score (nSPS) is 10.7. The lowest BCUT2D eigenvalue weighted by molar-refractivity contribution is 0.254. The molecule has 6 nitrogen and oxygen atoms in total. The van der Waals surface area contributed by atoms with Gasteiger partial charge in [-0.05, 0) is 18.2 Å². The molecule has 1 heterocycles. The van der Waals surface area contributed by atoms with E-state index in [-0.39, 0.29) is 0 Å². The number of nitrogens with two attached hydrogens (primary N) is 2. The van der Waals surface area contributed by atoms with E-state index in [2.05, 4.69) is 4.98 Å². The van der Waals surface area contributed by atoms with Crippen LogP contribution in [-0.4, -0.2) is 28.7 Å². The highest BCUT2D eigenvalue weighted by atomic mass is 16.2. The fraction of sp³-hybridized carbons (Fsp3) is 0.273. The maximum Gasteiger partial charge on any atom is 0.319 e. The van der Waals surface area contributed by atoms with Gasteiger partial charge in [0.25, 0.3) is 0 Å². The number of hydrogen-bond donors (Lipinski definition) is 2. The molecule has 6 heteroatoms. The van der Waals surface area contributed by atoms with Gasteiger partial charge >= 0.3 is 6.03 Å². The van der Waals surface area contributed by atoms with E-state index in [1.165, 1.54) is 4.90 Å². The first kappa shape index (κ1) is 11.4. The van der Waals surface area contributed by atoms with Crippen molar-refractivity contribution in [1.82, 2.24) is 9.55 Å². The zero-order valence-corrected chi connectivity index (χ0v) is 9.63. The Balaban J connectivity index is 2.43. The first-order valence-electron chi connectivity index (χ1n) is 5.31. The molecule has 2 amide bonds. The van der Waals surface area contributed by atoms with Crippen molar-refractivity contribution < 1.29 is 4.79 Å². The second-order valence-electron chi connectivity index (χ2n) is 3.81. The van der Waals surface area contributed by atoms with Crippen LogP contribution in [0.1, 0.15) is 0 Å². The van der Waals surface area contributed by atoms with E-state index in [1.807, 2.05) is 29.8 Å². The van der Waals surface area contributed by atoms with Crippen LogP contribution in [0.4, 0.5) is 10.5 Å². The summed E-state index contributed by atoms with van der Waals surface area (Å²) in [6, 6.07) is 5.07. The first-order valence-corrected chi connectivity index (χ1v) is 5.31. The Morgan fingerprint density at radius 3 is 2.94 bits per heavy atom. The van der Waals surface area contributed by atoms with Gasteiger partial charge < -0.3 is 16.0 Å². The van der Waals surface area contributed by atoms with Gasteiger partial charge in [-0.1, -0.05) is 0 Å². The highest BCUT2D eigenvalue weighted by Gasteiger charge is 2.12. The number of rotatable bonds is 3. The van der Waals surface area contributed by atoms with E-state index < -0.39 is 6.03 Å². The fourth-order valence-corrected chi connectivity index (χ4v) is 1.79. The van der Waals surface area contributed by atoms with Crippen molar-refractivity contribution in [1.29, 1.82) is 0 Å². The number of fused-ring (bicyclic) bond motifs is 1. The molecule has 0 saturated carbocycles. The van der Waals surface area contributed by atoms with Gasteiger partial charge in [0.1, 0.15) is 0 Å². The van der Waals surface area contributed by atoms with Crippen LogP contribution in [0, 0.1) is 0 Å². The third-order valence-electron chi connectivity index (χ3n) is 2.64. The Kier molecular flexibility index (Phi) is 2.97. The third kappa shape index (κ3) is 2.07. The summed E-state index contributed by atoms with van der Waals surface area (Å²) in [6.45, 7) is 0.761. The van der Waals surface area contributed by atoms with Crippen LogP contribution in [0.3, 0.4) is 0 Å². The zero-order valence-electron chi connectivity index (χ0n) is 9.63. The third-order valence-corrected chi connectivity index (χ3v) is 2.64. The van der Waals surface area contributed by atoms with Crippen molar-refractivity contribution in [3.63, 3.8) is 0 Å². The quantitative estimate of drug-likeness (QED) is 0.804. The van der Waals surface area contributed by atoms with Gasteiger partial charge in [-0.3, -0.25) is 4.90 Å². The molecule has 90 valence electrons. The molecule has 1 aromatic heterocycles. The maximum atomic E-state index is 11.3. The molecule has 0 atom stereocenters. The molecule has 2 rings (SSSR count). The Bertz CT molecular complexity index is 548. The smallest absolute Gasteiger partial charge is 0.319 e. The van der Waals surface area contributed by atoms with E-state index in [9.17, 15) is 4.79 Å². The molecule has 17 heavy (non-hydrogen) atoms. The van der Waals surface area contributed by atoms with Crippen molar-refractivity contribution >= 4 is 22.8 Å². The number of benzene rings is 1. The summed E-state index contributed by atoms with van der Waals surface area (Å²) >= 11 is 0. The fourth-order valence-electron chi connectivity index (χ4n) is 1.79. The lowest BCUT2D eigenvalue weighted by atomic mass is 10.2. The SMILES string of the molecule is Cn1cnc2cc(N(CCN)C(N)=O)ccc21. The van der Waals surface area contributed by atoms with Crippen molar-refractivity contribution in [2.75, 3.05) is 18.0 Å². The van der Waals surface area contributed by atoms with Gasteiger partial charge in [0.2, 0.25) is 0 Å². The molecule has 0 radical (unpaired) electrons. The molecule has 4 N–H and O–H groups in total. The van der Waals surface area contributed by atoms with E-state index in [4.69, 9.17) is 11.5 Å². The maximum absolute atomic E-state index is 11.3. The van der Waals surface area contributed by atoms with E-state index in [0.29, 0.717) is 18.8 Å².